The predicted octanol–water partition coefficient (Wildman–Crippen LogP) is 2.81. The van der Waals surface area contributed by atoms with Crippen molar-refractivity contribution in [2.24, 2.45) is 11.7 Å². The molecule has 0 unspecified atom stereocenters. The largest absolute Gasteiger partial charge is 0.354 e. The van der Waals surface area contributed by atoms with Gasteiger partial charge >= 0.3 is 0 Å². The summed E-state index contributed by atoms with van der Waals surface area (Å²) >= 11 is 0. The molecule has 2 atom stereocenters. The summed E-state index contributed by atoms with van der Waals surface area (Å²) in [4.78, 5) is 24.9. The first-order valence-electron chi connectivity index (χ1n) is 12.7. The molecular formula is C28H43N5O2. The zero-order valence-electron chi connectivity index (χ0n) is 21.6. The molecule has 0 heterocycles. The highest BCUT2D eigenvalue weighted by Gasteiger charge is 2.20. The Morgan fingerprint density at radius 2 is 1.43 bits per heavy atom. The molecule has 0 saturated heterocycles. The average molecular weight is 482 g/mol. The fourth-order valence-electron chi connectivity index (χ4n) is 3.79. The lowest BCUT2D eigenvalue weighted by Gasteiger charge is -2.21. The van der Waals surface area contributed by atoms with Gasteiger partial charge in [-0.2, -0.15) is 0 Å². The van der Waals surface area contributed by atoms with Crippen LogP contribution in [0.4, 0.5) is 0 Å². The third-order valence-corrected chi connectivity index (χ3v) is 5.68. The fourth-order valence-corrected chi connectivity index (χ4v) is 3.79. The first-order chi connectivity index (χ1) is 16.8. The first-order valence-corrected chi connectivity index (χ1v) is 12.7. The molecule has 0 aliphatic heterocycles. The van der Waals surface area contributed by atoms with E-state index in [2.05, 4.69) is 71.5 Å². The maximum absolute atomic E-state index is 12.9. The van der Waals surface area contributed by atoms with Crippen molar-refractivity contribution < 1.29 is 9.59 Å². The van der Waals surface area contributed by atoms with E-state index in [-0.39, 0.29) is 23.9 Å². The molecule has 35 heavy (non-hydrogen) atoms. The van der Waals surface area contributed by atoms with Gasteiger partial charge in [-0.25, -0.2) is 0 Å². The van der Waals surface area contributed by atoms with Crippen molar-refractivity contribution in [2.45, 2.75) is 65.2 Å². The van der Waals surface area contributed by atoms with Gasteiger partial charge in [0.25, 0.3) is 5.91 Å². The topological polar surface area (TPSA) is 108 Å². The van der Waals surface area contributed by atoms with Crippen LogP contribution in [0.2, 0.25) is 0 Å². The summed E-state index contributed by atoms with van der Waals surface area (Å²) < 4.78 is 0. The Hall–Kier alpha value is -2.74. The van der Waals surface area contributed by atoms with E-state index in [0.29, 0.717) is 32.0 Å². The van der Waals surface area contributed by atoms with Gasteiger partial charge in [0, 0.05) is 25.7 Å². The van der Waals surface area contributed by atoms with Crippen LogP contribution in [0.5, 0.6) is 0 Å². The lowest BCUT2D eigenvalue weighted by Crippen LogP contribution is -2.53. The van der Waals surface area contributed by atoms with Gasteiger partial charge < -0.3 is 21.7 Å². The van der Waals surface area contributed by atoms with Crippen molar-refractivity contribution in [3.8, 4) is 11.1 Å². The first kappa shape index (κ1) is 28.5. The molecule has 0 aliphatic rings. The molecule has 0 spiro atoms. The standard InChI is InChI=1S/C28H43N5O2/c1-20(2)9-8-16-31-28(35)26(29)30-17-18-32-27(34)25(33-21(3)4)19-22-12-14-24(15-13-22)23-10-6-5-7-11-23/h5-7,10-15,20-21,25-26,30,33H,8-9,16-19,29H2,1-4H3,(H,31,35)(H,32,34)/t25-,26-/m1/s1. The number of benzene rings is 2. The maximum atomic E-state index is 12.9. The summed E-state index contributed by atoms with van der Waals surface area (Å²) in [7, 11) is 0. The number of nitrogens with two attached hydrogens (primary N) is 1. The van der Waals surface area contributed by atoms with E-state index in [1.54, 1.807) is 0 Å². The second-order valence-corrected chi connectivity index (χ2v) is 9.69. The number of carbonyl (C=O) groups is 2. The SMILES string of the molecule is CC(C)CCCNC(=O)[C@H](N)NCCNC(=O)[C@@H](Cc1ccc(-c2ccccc2)cc1)NC(C)C. The van der Waals surface area contributed by atoms with Crippen LogP contribution >= 0.6 is 0 Å². The molecule has 0 aliphatic carbocycles. The molecule has 0 fully saturated rings. The zero-order valence-corrected chi connectivity index (χ0v) is 21.6. The number of hydrogen-bond donors (Lipinski definition) is 5. The number of amides is 2. The van der Waals surface area contributed by atoms with E-state index in [1.807, 2.05) is 32.0 Å². The molecule has 192 valence electrons. The van der Waals surface area contributed by atoms with Crippen molar-refractivity contribution in [2.75, 3.05) is 19.6 Å². The van der Waals surface area contributed by atoms with Crippen LogP contribution in [0.1, 0.15) is 46.1 Å². The smallest absolute Gasteiger partial charge is 0.251 e. The third kappa shape index (κ3) is 11.0. The van der Waals surface area contributed by atoms with Crippen LogP contribution in [0.15, 0.2) is 54.6 Å². The van der Waals surface area contributed by atoms with Crippen LogP contribution in [0, 0.1) is 5.92 Å². The molecule has 2 aromatic rings. The fraction of sp³-hybridized carbons (Fsp3) is 0.500. The highest BCUT2D eigenvalue weighted by atomic mass is 16.2. The second kappa shape index (κ2) is 15.3. The minimum absolute atomic E-state index is 0.0701. The second-order valence-electron chi connectivity index (χ2n) is 9.69. The minimum Gasteiger partial charge on any atom is -0.354 e. The van der Waals surface area contributed by atoms with Gasteiger partial charge in [-0.3, -0.25) is 14.9 Å². The Bertz CT molecular complexity index is 884. The van der Waals surface area contributed by atoms with Crippen molar-refractivity contribution >= 4 is 11.8 Å². The van der Waals surface area contributed by atoms with Crippen molar-refractivity contribution in [3.63, 3.8) is 0 Å². The maximum Gasteiger partial charge on any atom is 0.251 e. The molecule has 0 bridgehead atoms. The Morgan fingerprint density at radius 1 is 0.800 bits per heavy atom. The van der Waals surface area contributed by atoms with Crippen LogP contribution < -0.4 is 27.0 Å². The Balaban J connectivity index is 1.79. The Labute approximate surface area is 210 Å². The monoisotopic (exact) mass is 481 g/mol. The number of carbonyl (C=O) groups excluding carboxylic acids is 2. The minimum atomic E-state index is -0.793. The number of rotatable bonds is 15. The summed E-state index contributed by atoms with van der Waals surface area (Å²) in [5, 5.41) is 12.1. The van der Waals surface area contributed by atoms with Crippen LogP contribution in [-0.4, -0.2) is 49.7 Å². The zero-order chi connectivity index (χ0) is 25.6. The van der Waals surface area contributed by atoms with E-state index >= 15 is 0 Å². The van der Waals surface area contributed by atoms with Crippen molar-refractivity contribution in [1.29, 1.82) is 0 Å². The van der Waals surface area contributed by atoms with E-state index < -0.39 is 6.17 Å². The van der Waals surface area contributed by atoms with Crippen molar-refractivity contribution in [3.05, 3.63) is 60.2 Å². The summed E-state index contributed by atoms with van der Waals surface area (Å²) in [6.45, 7) is 9.79. The molecule has 2 aromatic carbocycles. The average Bonchev–Trinajstić information content (AvgIpc) is 2.84. The van der Waals surface area contributed by atoms with Gasteiger partial charge in [-0.1, -0.05) is 82.3 Å². The van der Waals surface area contributed by atoms with Crippen LogP contribution in [0.25, 0.3) is 11.1 Å². The predicted molar refractivity (Wildman–Crippen MR) is 144 cm³/mol. The molecule has 7 heteroatoms. The lowest BCUT2D eigenvalue weighted by molar-refractivity contribution is -0.123. The number of nitrogens with one attached hydrogen (secondary N) is 4. The summed E-state index contributed by atoms with van der Waals surface area (Å²) in [6.07, 6.45) is 1.80. The highest BCUT2D eigenvalue weighted by molar-refractivity contribution is 5.82. The molecule has 0 aromatic heterocycles. The summed E-state index contributed by atoms with van der Waals surface area (Å²) in [5.41, 5.74) is 9.32. The molecule has 2 amide bonds. The van der Waals surface area contributed by atoms with Gasteiger partial charge in [0.1, 0.15) is 6.17 Å². The Morgan fingerprint density at radius 3 is 2.06 bits per heavy atom. The molecule has 0 radical (unpaired) electrons. The lowest BCUT2D eigenvalue weighted by atomic mass is 10.00. The van der Waals surface area contributed by atoms with Gasteiger partial charge in [0.05, 0.1) is 6.04 Å². The normalized spacial score (nSPS) is 13.0. The molecule has 7 nitrogen and oxygen atoms in total. The molecular weight excluding hydrogens is 438 g/mol. The highest BCUT2D eigenvalue weighted by Crippen LogP contribution is 2.19. The van der Waals surface area contributed by atoms with Crippen LogP contribution in [-0.2, 0) is 16.0 Å². The van der Waals surface area contributed by atoms with Gasteiger partial charge in [0.2, 0.25) is 5.91 Å². The van der Waals surface area contributed by atoms with E-state index in [9.17, 15) is 9.59 Å². The Kier molecular flexibility index (Phi) is 12.5. The number of hydrogen-bond acceptors (Lipinski definition) is 5. The molecule has 2 rings (SSSR count). The quantitative estimate of drug-likeness (QED) is 0.199. The summed E-state index contributed by atoms with van der Waals surface area (Å²) in [5.74, 6) is 0.322. The molecule has 6 N–H and O–H groups in total. The van der Waals surface area contributed by atoms with E-state index in [1.165, 1.54) is 5.56 Å². The van der Waals surface area contributed by atoms with Gasteiger partial charge in [0.15, 0.2) is 0 Å². The van der Waals surface area contributed by atoms with E-state index in [0.717, 1.165) is 24.0 Å². The van der Waals surface area contributed by atoms with Gasteiger partial charge in [-0.15, -0.1) is 0 Å². The van der Waals surface area contributed by atoms with Gasteiger partial charge in [-0.05, 0) is 41.9 Å². The third-order valence-electron chi connectivity index (χ3n) is 5.68. The molecule has 0 saturated carbocycles. The van der Waals surface area contributed by atoms with Crippen molar-refractivity contribution in [1.82, 2.24) is 21.3 Å². The van der Waals surface area contributed by atoms with E-state index in [4.69, 9.17) is 5.73 Å². The van der Waals surface area contributed by atoms with Crippen LogP contribution in [0.3, 0.4) is 0 Å². The summed E-state index contributed by atoms with van der Waals surface area (Å²) in [6, 6.07) is 18.4.